The van der Waals surface area contributed by atoms with Crippen molar-refractivity contribution in [2.45, 2.75) is 18.9 Å². The maximum Gasteiger partial charge on any atom is 0.237 e. The molecule has 2 saturated heterocycles. The number of carbonyl (C=O) groups excluding carboxylic acids is 1. The third-order valence-corrected chi connectivity index (χ3v) is 4.31. The van der Waals surface area contributed by atoms with Crippen LogP contribution in [0.25, 0.3) is 0 Å². The molecule has 0 radical (unpaired) electrons. The van der Waals surface area contributed by atoms with Gasteiger partial charge in [0, 0.05) is 19.6 Å². The highest BCUT2D eigenvalue weighted by atomic mass is 16.2. The number of amides is 1. The van der Waals surface area contributed by atoms with Crippen LogP contribution in [0.3, 0.4) is 0 Å². The van der Waals surface area contributed by atoms with Gasteiger partial charge in [-0.05, 0) is 31.5 Å². The lowest BCUT2D eigenvalue weighted by atomic mass is 10.0. The average molecular weight is 273 g/mol. The zero-order valence-electron chi connectivity index (χ0n) is 11.9. The molecule has 0 bridgehead atoms. The van der Waals surface area contributed by atoms with Gasteiger partial charge in [-0.1, -0.05) is 30.3 Å². The summed E-state index contributed by atoms with van der Waals surface area (Å²) in [7, 11) is 0. The van der Waals surface area contributed by atoms with E-state index in [1.807, 2.05) is 18.2 Å². The van der Waals surface area contributed by atoms with Crippen LogP contribution in [0.2, 0.25) is 0 Å². The molecule has 0 spiro atoms. The first-order valence-electron chi connectivity index (χ1n) is 7.62. The molecular formula is C16H23N3O. The Hall–Kier alpha value is -1.39. The third kappa shape index (κ3) is 3.02. The van der Waals surface area contributed by atoms with Crippen LogP contribution in [0.1, 0.15) is 24.4 Å². The van der Waals surface area contributed by atoms with E-state index in [-0.39, 0.29) is 11.9 Å². The van der Waals surface area contributed by atoms with Crippen molar-refractivity contribution in [1.82, 2.24) is 15.1 Å². The normalized spacial score (nSPS) is 24.0. The van der Waals surface area contributed by atoms with Gasteiger partial charge >= 0.3 is 0 Å². The van der Waals surface area contributed by atoms with E-state index < -0.39 is 0 Å². The standard InChI is InChI=1S/C16H23N3O/c20-16(13-18-9-4-5-10-18)19-11-8-17-12-15(19)14-6-2-1-3-7-14/h1-3,6-7,15,17H,4-5,8-13H2. The van der Waals surface area contributed by atoms with Crippen molar-refractivity contribution in [3.05, 3.63) is 35.9 Å². The van der Waals surface area contributed by atoms with E-state index in [1.54, 1.807) is 0 Å². The fourth-order valence-corrected chi connectivity index (χ4v) is 3.20. The summed E-state index contributed by atoms with van der Waals surface area (Å²) >= 11 is 0. The molecule has 0 aliphatic carbocycles. The molecule has 1 N–H and O–H groups in total. The molecule has 1 aromatic rings. The Bertz CT molecular complexity index is 442. The zero-order chi connectivity index (χ0) is 13.8. The van der Waals surface area contributed by atoms with E-state index in [9.17, 15) is 4.79 Å². The van der Waals surface area contributed by atoms with Crippen molar-refractivity contribution in [2.24, 2.45) is 0 Å². The maximum atomic E-state index is 12.6. The quantitative estimate of drug-likeness (QED) is 0.900. The van der Waals surface area contributed by atoms with Gasteiger partial charge in [-0.3, -0.25) is 9.69 Å². The third-order valence-electron chi connectivity index (χ3n) is 4.31. The first-order chi connectivity index (χ1) is 9.84. The largest absolute Gasteiger partial charge is 0.332 e. The molecule has 108 valence electrons. The predicted octanol–water partition coefficient (Wildman–Crippen LogP) is 1.26. The van der Waals surface area contributed by atoms with Gasteiger partial charge < -0.3 is 10.2 Å². The molecule has 1 aromatic carbocycles. The molecule has 1 atom stereocenters. The fourth-order valence-electron chi connectivity index (χ4n) is 3.20. The first kappa shape index (κ1) is 13.6. The van der Waals surface area contributed by atoms with Gasteiger partial charge in [-0.25, -0.2) is 0 Å². The molecule has 0 aromatic heterocycles. The number of carbonyl (C=O) groups is 1. The highest BCUT2D eigenvalue weighted by Gasteiger charge is 2.29. The van der Waals surface area contributed by atoms with E-state index in [0.717, 1.165) is 32.7 Å². The monoisotopic (exact) mass is 273 g/mol. The molecule has 4 nitrogen and oxygen atoms in total. The molecule has 2 aliphatic rings. The number of rotatable bonds is 3. The summed E-state index contributed by atoms with van der Waals surface area (Å²) in [6.07, 6.45) is 2.47. The van der Waals surface area contributed by atoms with Gasteiger partial charge in [0.25, 0.3) is 0 Å². The van der Waals surface area contributed by atoms with Gasteiger partial charge in [-0.2, -0.15) is 0 Å². The van der Waals surface area contributed by atoms with E-state index >= 15 is 0 Å². The second kappa shape index (κ2) is 6.37. The van der Waals surface area contributed by atoms with Crippen LogP contribution in [-0.2, 0) is 4.79 Å². The predicted molar refractivity (Wildman–Crippen MR) is 79.4 cm³/mol. The van der Waals surface area contributed by atoms with Crippen LogP contribution < -0.4 is 5.32 Å². The topological polar surface area (TPSA) is 35.6 Å². The SMILES string of the molecule is O=C(CN1CCCC1)N1CCNCC1c1ccccc1. The van der Waals surface area contributed by atoms with Gasteiger partial charge in [0.05, 0.1) is 12.6 Å². The van der Waals surface area contributed by atoms with E-state index in [4.69, 9.17) is 0 Å². The second-order valence-electron chi connectivity index (χ2n) is 5.70. The van der Waals surface area contributed by atoms with Crippen molar-refractivity contribution < 1.29 is 4.79 Å². The molecule has 2 heterocycles. The Morgan fingerprint density at radius 3 is 2.65 bits per heavy atom. The molecule has 1 unspecified atom stereocenters. The lowest BCUT2D eigenvalue weighted by Crippen LogP contribution is -2.51. The molecule has 0 saturated carbocycles. The summed E-state index contributed by atoms with van der Waals surface area (Å²) in [6, 6.07) is 10.5. The van der Waals surface area contributed by atoms with Crippen molar-refractivity contribution in [3.8, 4) is 0 Å². The highest BCUT2D eigenvalue weighted by Crippen LogP contribution is 2.22. The lowest BCUT2D eigenvalue weighted by Gasteiger charge is -2.37. The Balaban J connectivity index is 1.70. The Morgan fingerprint density at radius 2 is 1.90 bits per heavy atom. The minimum atomic E-state index is 0.181. The molecule has 20 heavy (non-hydrogen) atoms. The number of nitrogens with one attached hydrogen (secondary N) is 1. The zero-order valence-corrected chi connectivity index (χ0v) is 11.9. The van der Waals surface area contributed by atoms with Crippen molar-refractivity contribution >= 4 is 5.91 Å². The summed E-state index contributed by atoms with van der Waals surface area (Å²) in [4.78, 5) is 16.9. The summed E-state index contributed by atoms with van der Waals surface area (Å²) in [5.74, 6) is 0.280. The van der Waals surface area contributed by atoms with Gasteiger partial charge in [0.1, 0.15) is 0 Å². The lowest BCUT2D eigenvalue weighted by molar-refractivity contribution is -0.135. The minimum Gasteiger partial charge on any atom is -0.332 e. The smallest absolute Gasteiger partial charge is 0.237 e. The Labute approximate surface area is 120 Å². The summed E-state index contributed by atoms with van der Waals surface area (Å²) < 4.78 is 0. The number of piperazine rings is 1. The average Bonchev–Trinajstić information content (AvgIpc) is 3.01. The molecule has 3 rings (SSSR count). The van der Waals surface area contributed by atoms with E-state index in [1.165, 1.54) is 18.4 Å². The summed E-state index contributed by atoms with van der Waals surface area (Å²) in [6.45, 7) is 5.31. The van der Waals surface area contributed by atoms with Crippen LogP contribution in [0.5, 0.6) is 0 Å². The number of benzene rings is 1. The van der Waals surface area contributed by atoms with Crippen molar-refractivity contribution in [3.63, 3.8) is 0 Å². The van der Waals surface area contributed by atoms with E-state index in [2.05, 4.69) is 27.2 Å². The number of nitrogens with zero attached hydrogens (tertiary/aromatic N) is 2. The van der Waals surface area contributed by atoms with Gasteiger partial charge in [0.2, 0.25) is 5.91 Å². The van der Waals surface area contributed by atoms with Crippen LogP contribution in [-0.4, -0.2) is 55.0 Å². The van der Waals surface area contributed by atoms with Gasteiger partial charge in [0.15, 0.2) is 0 Å². The van der Waals surface area contributed by atoms with Crippen molar-refractivity contribution in [2.75, 3.05) is 39.3 Å². The van der Waals surface area contributed by atoms with Crippen LogP contribution in [0.15, 0.2) is 30.3 Å². The second-order valence-corrected chi connectivity index (χ2v) is 5.70. The Morgan fingerprint density at radius 1 is 1.15 bits per heavy atom. The molecule has 2 aliphatic heterocycles. The number of likely N-dealkylation sites (tertiary alicyclic amines) is 1. The molecule has 2 fully saturated rings. The minimum absolute atomic E-state index is 0.181. The molecule has 4 heteroatoms. The first-order valence-corrected chi connectivity index (χ1v) is 7.62. The van der Waals surface area contributed by atoms with Gasteiger partial charge in [-0.15, -0.1) is 0 Å². The van der Waals surface area contributed by atoms with E-state index in [0.29, 0.717) is 6.54 Å². The summed E-state index contributed by atoms with van der Waals surface area (Å²) in [5, 5.41) is 3.40. The number of hydrogen-bond acceptors (Lipinski definition) is 3. The number of hydrogen-bond donors (Lipinski definition) is 1. The van der Waals surface area contributed by atoms with Crippen LogP contribution in [0, 0.1) is 0 Å². The van der Waals surface area contributed by atoms with Crippen LogP contribution in [0.4, 0.5) is 0 Å². The van der Waals surface area contributed by atoms with Crippen LogP contribution >= 0.6 is 0 Å². The molecule has 1 amide bonds. The summed E-state index contributed by atoms with van der Waals surface area (Å²) in [5.41, 5.74) is 1.23. The highest BCUT2D eigenvalue weighted by molar-refractivity contribution is 5.79. The fraction of sp³-hybridized carbons (Fsp3) is 0.562. The Kier molecular flexibility index (Phi) is 4.33. The van der Waals surface area contributed by atoms with Crippen molar-refractivity contribution in [1.29, 1.82) is 0 Å². The maximum absolute atomic E-state index is 12.6. The molecular weight excluding hydrogens is 250 g/mol.